The van der Waals surface area contributed by atoms with E-state index in [0.29, 0.717) is 17.4 Å². The largest absolute Gasteiger partial charge is 0.343 e. The van der Waals surface area contributed by atoms with E-state index in [4.69, 9.17) is 0 Å². The number of aromatic nitrogens is 3. The average molecular weight is 464 g/mol. The molecule has 1 heterocycles. The average Bonchev–Trinajstić information content (AvgIpc) is 2.82. The molecule has 0 spiro atoms. The van der Waals surface area contributed by atoms with Gasteiger partial charge >= 0.3 is 5.69 Å². The van der Waals surface area contributed by atoms with E-state index in [-0.39, 0.29) is 17.3 Å². The van der Waals surface area contributed by atoms with Crippen molar-refractivity contribution in [2.24, 2.45) is 0 Å². The summed E-state index contributed by atoms with van der Waals surface area (Å²) in [7, 11) is 0. The van der Waals surface area contributed by atoms with Gasteiger partial charge in [0.1, 0.15) is 0 Å². The summed E-state index contributed by atoms with van der Waals surface area (Å²) >= 11 is 8.12. The number of H-pyrrole nitrogens is 1. The fourth-order valence-electron chi connectivity index (χ4n) is 1.96. The van der Waals surface area contributed by atoms with Crippen molar-refractivity contribution in [1.82, 2.24) is 14.8 Å². The Morgan fingerprint density at radius 3 is 2.65 bits per heavy atom. The molecular formula is C14H16Br2N4O2S. The number of aryl methyl sites for hydroxylation is 1. The third-order valence-corrected chi connectivity index (χ3v) is 5.18. The molecule has 2 rings (SSSR count). The SMILES string of the molecule is CCCn1c(SCC(=O)Nc2c(Br)cc(C)cc2Br)n[nH]c1=O. The maximum absolute atomic E-state index is 12.2. The number of benzene rings is 1. The van der Waals surface area contributed by atoms with E-state index in [1.807, 2.05) is 26.0 Å². The molecule has 2 aromatic rings. The number of rotatable bonds is 6. The standard InChI is InChI=1S/C14H16Br2N4O2S/c1-3-4-20-13(22)18-19-14(20)23-7-11(21)17-12-9(15)5-8(2)6-10(12)16/h5-6H,3-4,7H2,1-2H3,(H,17,21)(H,18,22). The van der Waals surface area contributed by atoms with E-state index in [2.05, 4.69) is 47.4 Å². The molecule has 2 N–H and O–H groups in total. The van der Waals surface area contributed by atoms with Crippen LogP contribution in [0, 0.1) is 6.92 Å². The molecule has 1 amide bonds. The first kappa shape index (κ1) is 18.3. The monoisotopic (exact) mass is 462 g/mol. The maximum atomic E-state index is 12.2. The van der Waals surface area contributed by atoms with Gasteiger partial charge in [0.15, 0.2) is 5.16 Å². The number of amides is 1. The molecular weight excluding hydrogens is 448 g/mol. The minimum Gasteiger partial charge on any atom is -0.323 e. The maximum Gasteiger partial charge on any atom is 0.343 e. The highest BCUT2D eigenvalue weighted by Crippen LogP contribution is 2.32. The Morgan fingerprint density at radius 1 is 1.39 bits per heavy atom. The number of carbonyl (C=O) groups is 1. The van der Waals surface area contributed by atoms with Gasteiger partial charge in [0.05, 0.1) is 11.4 Å². The summed E-state index contributed by atoms with van der Waals surface area (Å²) in [6, 6.07) is 3.86. The molecule has 0 radical (unpaired) electrons. The zero-order chi connectivity index (χ0) is 17.0. The molecule has 0 unspecified atom stereocenters. The van der Waals surface area contributed by atoms with Crippen LogP contribution in [0.3, 0.4) is 0 Å². The van der Waals surface area contributed by atoms with Crippen LogP contribution in [0.5, 0.6) is 0 Å². The molecule has 0 bridgehead atoms. The predicted octanol–water partition coefficient (Wildman–Crippen LogP) is 3.55. The van der Waals surface area contributed by atoms with E-state index in [9.17, 15) is 9.59 Å². The first-order valence-electron chi connectivity index (χ1n) is 6.96. The lowest BCUT2D eigenvalue weighted by atomic mass is 10.2. The normalized spacial score (nSPS) is 10.8. The van der Waals surface area contributed by atoms with Gasteiger partial charge in [0, 0.05) is 15.5 Å². The first-order chi connectivity index (χ1) is 10.9. The number of aromatic amines is 1. The smallest absolute Gasteiger partial charge is 0.323 e. The van der Waals surface area contributed by atoms with Gasteiger partial charge in [-0.1, -0.05) is 18.7 Å². The molecule has 0 saturated heterocycles. The summed E-state index contributed by atoms with van der Waals surface area (Å²) < 4.78 is 3.16. The van der Waals surface area contributed by atoms with Crippen LogP contribution in [0.25, 0.3) is 0 Å². The van der Waals surface area contributed by atoms with E-state index in [1.54, 1.807) is 0 Å². The van der Waals surface area contributed by atoms with Crippen LogP contribution in [0.1, 0.15) is 18.9 Å². The number of hydrogen-bond acceptors (Lipinski definition) is 4. The van der Waals surface area contributed by atoms with Crippen LogP contribution in [0.15, 0.2) is 31.0 Å². The van der Waals surface area contributed by atoms with Crippen molar-refractivity contribution < 1.29 is 4.79 Å². The molecule has 0 saturated carbocycles. The lowest BCUT2D eigenvalue weighted by Gasteiger charge is -2.10. The van der Waals surface area contributed by atoms with Crippen molar-refractivity contribution in [3.63, 3.8) is 0 Å². The van der Waals surface area contributed by atoms with Gasteiger partial charge in [-0.05, 0) is 62.9 Å². The minimum atomic E-state index is -0.251. The quantitative estimate of drug-likeness (QED) is 0.642. The fourth-order valence-corrected chi connectivity index (χ4v) is 4.35. The van der Waals surface area contributed by atoms with Crippen molar-refractivity contribution in [1.29, 1.82) is 0 Å². The number of hydrogen-bond donors (Lipinski definition) is 2. The van der Waals surface area contributed by atoms with Crippen LogP contribution in [-0.4, -0.2) is 26.4 Å². The van der Waals surface area contributed by atoms with Crippen LogP contribution in [0.4, 0.5) is 5.69 Å². The van der Waals surface area contributed by atoms with Crippen molar-refractivity contribution >= 4 is 55.2 Å². The Morgan fingerprint density at radius 2 is 2.04 bits per heavy atom. The highest BCUT2D eigenvalue weighted by Gasteiger charge is 2.13. The zero-order valence-corrected chi connectivity index (χ0v) is 16.6. The second-order valence-corrected chi connectivity index (χ2v) is 7.55. The molecule has 0 aliphatic rings. The number of nitrogens with one attached hydrogen (secondary N) is 2. The Hall–Kier alpha value is -1.06. The number of halogens is 2. The van der Waals surface area contributed by atoms with Crippen LogP contribution in [-0.2, 0) is 11.3 Å². The molecule has 0 aliphatic heterocycles. The lowest BCUT2D eigenvalue weighted by Crippen LogP contribution is -2.19. The molecule has 1 aromatic carbocycles. The Labute approximate surface area is 154 Å². The summed E-state index contributed by atoms with van der Waals surface area (Å²) in [6.07, 6.45) is 0.822. The lowest BCUT2D eigenvalue weighted by molar-refractivity contribution is -0.113. The minimum absolute atomic E-state index is 0.167. The Balaban J connectivity index is 2.03. The molecule has 0 fully saturated rings. The molecule has 23 heavy (non-hydrogen) atoms. The van der Waals surface area contributed by atoms with Gasteiger partial charge in [-0.15, -0.1) is 5.10 Å². The molecule has 0 atom stereocenters. The zero-order valence-electron chi connectivity index (χ0n) is 12.7. The third-order valence-electron chi connectivity index (χ3n) is 2.95. The summed E-state index contributed by atoms with van der Waals surface area (Å²) in [6.45, 7) is 4.53. The van der Waals surface area contributed by atoms with Gasteiger partial charge in [0.25, 0.3) is 0 Å². The first-order valence-corrected chi connectivity index (χ1v) is 9.53. The van der Waals surface area contributed by atoms with Gasteiger partial charge in [-0.2, -0.15) is 0 Å². The van der Waals surface area contributed by atoms with Crippen LogP contribution in [0.2, 0.25) is 0 Å². The Kier molecular flexibility index (Phi) is 6.49. The van der Waals surface area contributed by atoms with Gasteiger partial charge in [-0.3, -0.25) is 9.36 Å². The topological polar surface area (TPSA) is 79.8 Å². The second kappa shape index (κ2) is 8.16. The van der Waals surface area contributed by atoms with Gasteiger partial charge in [0.2, 0.25) is 5.91 Å². The summed E-state index contributed by atoms with van der Waals surface area (Å²) in [5.74, 6) is -0.000399. The fraction of sp³-hybridized carbons (Fsp3) is 0.357. The molecule has 124 valence electrons. The van der Waals surface area contributed by atoms with E-state index >= 15 is 0 Å². The molecule has 6 nitrogen and oxygen atoms in total. The highest BCUT2D eigenvalue weighted by molar-refractivity contribution is 9.11. The summed E-state index contributed by atoms with van der Waals surface area (Å²) in [5.41, 5.74) is 1.52. The summed E-state index contributed by atoms with van der Waals surface area (Å²) in [5, 5.41) is 9.74. The van der Waals surface area contributed by atoms with Crippen molar-refractivity contribution in [2.45, 2.75) is 32.0 Å². The predicted molar refractivity (Wildman–Crippen MR) is 99.1 cm³/mol. The number of anilines is 1. The van der Waals surface area contributed by atoms with E-state index in [0.717, 1.165) is 20.9 Å². The van der Waals surface area contributed by atoms with E-state index < -0.39 is 0 Å². The van der Waals surface area contributed by atoms with Crippen LogP contribution < -0.4 is 11.0 Å². The number of thioether (sulfide) groups is 1. The summed E-state index contributed by atoms with van der Waals surface area (Å²) in [4.78, 5) is 23.8. The third kappa shape index (κ3) is 4.71. The molecule has 9 heteroatoms. The van der Waals surface area contributed by atoms with Crippen molar-refractivity contribution in [3.8, 4) is 0 Å². The van der Waals surface area contributed by atoms with Crippen molar-refractivity contribution in [2.75, 3.05) is 11.1 Å². The van der Waals surface area contributed by atoms with Gasteiger partial charge in [-0.25, -0.2) is 9.89 Å². The van der Waals surface area contributed by atoms with Gasteiger partial charge < -0.3 is 5.32 Å². The molecule has 0 aliphatic carbocycles. The molecule has 1 aromatic heterocycles. The highest BCUT2D eigenvalue weighted by atomic mass is 79.9. The number of carbonyl (C=O) groups excluding carboxylic acids is 1. The van der Waals surface area contributed by atoms with Crippen LogP contribution >= 0.6 is 43.6 Å². The Bertz CT molecular complexity index is 749. The van der Waals surface area contributed by atoms with E-state index in [1.165, 1.54) is 16.3 Å². The second-order valence-electron chi connectivity index (χ2n) is 4.90. The number of nitrogens with zero attached hydrogens (tertiary/aromatic N) is 2. The van der Waals surface area contributed by atoms with Crippen molar-refractivity contribution in [3.05, 3.63) is 37.1 Å².